The van der Waals surface area contributed by atoms with Gasteiger partial charge in [0, 0.05) is 41.8 Å². The third-order valence-electron chi connectivity index (χ3n) is 5.40. The minimum atomic E-state index is 0.0594. The zero-order valence-electron chi connectivity index (χ0n) is 14.4. The highest BCUT2D eigenvalue weighted by atomic mass is 16.1. The second-order valence-corrected chi connectivity index (χ2v) is 7.20. The fourth-order valence-corrected chi connectivity index (χ4v) is 4.07. The van der Waals surface area contributed by atoms with Crippen LogP contribution >= 0.6 is 0 Å². The molecule has 2 heterocycles. The van der Waals surface area contributed by atoms with Gasteiger partial charge in [-0.1, -0.05) is 12.8 Å². The number of nitrogens with one attached hydrogen (secondary N) is 1. The van der Waals surface area contributed by atoms with Crippen molar-refractivity contribution in [1.82, 2.24) is 20.3 Å². The Bertz CT molecular complexity index is 741. The Morgan fingerprint density at radius 2 is 1.92 bits per heavy atom. The van der Waals surface area contributed by atoms with Gasteiger partial charge in [-0.2, -0.15) is 0 Å². The maximum atomic E-state index is 12.4. The SMILES string of the molecule is O=C(CC1CCCC1)N[C@H]1CCCc2nc(-c3ccncc3)ncc21. The monoisotopic (exact) mass is 336 g/mol. The van der Waals surface area contributed by atoms with Crippen LogP contribution in [0.15, 0.2) is 30.7 Å². The van der Waals surface area contributed by atoms with Gasteiger partial charge in [-0.3, -0.25) is 9.78 Å². The van der Waals surface area contributed by atoms with Gasteiger partial charge >= 0.3 is 0 Å². The van der Waals surface area contributed by atoms with Gasteiger partial charge in [0.2, 0.25) is 5.91 Å². The van der Waals surface area contributed by atoms with Crippen LogP contribution in [0.3, 0.4) is 0 Å². The van der Waals surface area contributed by atoms with Crippen LogP contribution in [0.25, 0.3) is 11.4 Å². The Hall–Kier alpha value is -2.30. The molecule has 25 heavy (non-hydrogen) atoms. The minimum absolute atomic E-state index is 0.0594. The van der Waals surface area contributed by atoms with E-state index in [1.807, 2.05) is 18.3 Å². The lowest BCUT2D eigenvalue weighted by molar-refractivity contribution is -0.122. The second-order valence-electron chi connectivity index (χ2n) is 7.20. The summed E-state index contributed by atoms with van der Waals surface area (Å²) in [5, 5.41) is 3.23. The lowest BCUT2D eigenvalue weighted by atomic mass is 9.91. The second kappa shape index (κ2) is 7.30. The molecule has 5 heteroatoms. The number of carbonyl (C=O) groups excluding carboxylic acids is 1. The first-order chi connectivity index (χ1) is 12.3. The number of hydrogen-bond donors (Lipinski definition) is 1. The summed E-state index contributed by atoms with van der Waals surface area (Å²) in [5.74, 6) is 1.50. The van der Waals surface area contributed by atoms with E-state index in [-0.39, 0.29) is 11.9 Å². The first-order valence-electron chi connectivity index (χ1n) is 9.35. The van der Waals surface area contributed by atoms with Crippen LogP contribution in [0.1, 0.15) is 62.2 Å². The highest BCUT2D eigenvalue weighted by Crippen LogP contribution is 2.31. The van der Waals surface area contributed by atoms with E-state index in [0.717, 1.165) is 41.9 Å². The van der Waals surface area contributed by atoms with E-state index >= 15 is 0 Å². The summed E-state index contributed by atoms with van der Waals surface area (Å²) in [6, 6.07) is 3.90. The summed E-state index contributed by atoms with van der Waals surface area (Å²) in [6.45, 7) is 0. The van der Waals surface area contributed by atoms with Crippen molar-refractivity contribution < 1.29 is 4.79 Å². The van der Waals surface area contributed by atoms with E-state index in [2.05, 4.69) is 15.3 Å². The van der Waals surface area contributed by atoms with Gasteiger partial charge in [0.05, 0.1) is 6.04 Å². The van der Waals surface area contributed by atoms with Crippen LogP contribution in [0.4, 0.5) is 0 Å². The smallest absolute Gasteiger partial charge is 0.220 e. The number of nitrogens with zero attached hydrogens (tertiary/aromatic N) is 3. The van der Waals surface area contributed by atoms with E-state index in [0.29, 0.717) is 12.3 Å². The number of carbonyl (C=O) groups is 1. The normalized spacial score (nSPS) is 20.2. The fraction of sp³-hybridized carbons (Fsp3) is 0.500. The third kappa shape index (κ3) is 3.70. The van der Waals surface area contributed by atoms with Crippen LogP contribution in [0, 0.1) is 5.92 Å². The molecule has 1 saturated carbocycles. The maximum absolute atomic E-state index is 12.4. The molecule has 5 nitrogen and oxygen atoms in total. The molecule has 0 bridgehead atoms. The summed E-state index contributed by atoms with van der Waals surface area (Å²) < 4.78 is 0. The van der Waals surface area contributed by atoms with Crippen molar-refractivity contribution in [2.75, 3.05) is 0 Å². The first-order valence-corrected chi connectivity index (χ1v) is 9.35. The van der Waals surface area contributed by atoms with Gasteiger partial charge in [0.1, 0.15) is 0 Å². The Morgan fingerprint density at radius 3 is 2.72 bits per heavy atom. The molecule has 1 fully saturated rings. The van der Waals surface area contributed by atoms with Crippen molar-refractivity contribution in [3.8, 4) is 11.4 Å². The number of aromatic nitrogens is 3. The molecule has 1 amide bonds. The predicted octanol–water partition coefficient (Wildman–Crippen LogP) is 3.61. The molecule has 0 unspecified atom stereocenters. The average Bonchev–Trinajstić information content (AvgIpc) is 3.15. The molecular formula is C20H24N4O. The van der Waals surface area contributed by atoms with E-state index in [9.17, 15) is 4.79 Å². The third-order valence-corrected chi connectivity index (χ3v) is 5.40. The summed E-state index contributed by atoms with van der Waals surface area (Å²) in [4.78, 5) is 25.7. The van der Waals surface area contributed by atoms with Crippen molar-refractivity contribution in [2.24, 2.45) is 5.92 Å². The summed E-state index contributed by atoms with van der Waals surface area (Å²) in [5.41, 5.74) is 3.13. The molecule has 0 saturated heterocycles. The van der Waals surface area contributed by atoms with Crippen LogP contribution in [-0.2, 0) is 11.2 Å². The molecule has 0 spiro atoms. The lowest BCUT2D eigenvalue weighted by Gasteiger charge is -2.26. The van der Waals surface area contributed by atoms with Crippen LogP contribution < -0.4 is 5.32 Å². The minimum Gasteiger partial charge on any atom is -0.349 e. The van der Waals surface area contributed by atoms with E-state index in [4.69, 9.17) is 4.98 Å². The highest BCUT2D eigenvalue weighted by molar-refractivity contribution is 5.76. The molecule has 4 rings (SSSR count). The summed E-state index contributed by atoms with van der Waals surface area (Å²) in [6.07, 6.45) is 14.0. The largest absolute Gasteiger partial charge is 0.349 e. The molecule has 0 aromatic carbocycles. The molecular weight excluding hydrogens is 312 g/mol. The molecule has 2 aliphatic rings. The standard InChI is InChI=1S/C20H24N4O/c25-19(12-14-4-1-2-5-14)23-17-6-3-7-18-16(17)13-22-20(24-18)15-8-10-21-11-9-15/h8-11,13-14,17H,1-7,12H2,(H,23,25)/t17-/m0/s1. The molecule has 2 aromatic rings. The van der Waals surface area contributed by atoms with Crippen molar-refractivity contribution in [1.29, 1.82) is 0 Å². The number of hydrogen-bond acceptors (Lipinski definition) is 4. The quantitative estimate of drug-likeness (QED) is 0.926. The van der Waals surface area contributed by atoms with E-state index in [1.165, 1.54) is 25.7 Å². The van der Waals surface area contributed by atoms with Crippen molar-refractivity contribution in [3.05, 3.63) is 42.0 Å². The van der Waals surface area contributed by atoms with Gasteiger partial charge in [0.25, 0.3) is 0 Å². The van der Waals surface area contributed by atoms with Gasteiger partial charge in [-0.15, -0.1) is 0 Å². The summed E-state index contributed by atoms with van der Waals surface area (Å²) in [7, 11) is 0. The summed E-state index contributed by atoms with van der Waals surface area (Å²) >= 11 is 0. The van der Waals surface area contributed by atoms with Crippen molar-refractivity contribution >= 4 is 5.91 Å². The number of rotatable bonds is 4. The molecule has 2 aliphatic carbocycles. The van der Waals surface area contributed by atoms with Gasteiger partial charge in [0.15, 0.2) is 5.82 Å². The molecule has 1 atom stereocenters. The fourth-order valence-electron chi connectivity index (χ4n) is 4.07. The molecule has 2 aromatic heterocycles. The highest BCUT2D eigenvalue weighted by Gasteiger charge is 2.25. The van der Waals surface area contributed by atoms with Crippen LogP contribution in [0.2, 0.25) is 0 Å². The Labute approximate surface area is 148 Å². The maximum Gasteiger partial charge on any atom is 0.220 e. The number of fused-ring (bicyclic) bond motifs is 1. The predicted molar refractivity (Wildman–Crippen MR) is 95.7 cm³/mol. The number of pyridine rings is 1. The average molecular weight is 336 g/mol. The molecule has 0 aliphatic heterocycles. The first kappa shape index (κ1) is 16.2. The zero-order chi connectivity index (χ0) is 17.1. The van der Waals surface area contributed by atoms with Gasteiger partial charge in [-0.05, 0) is 50.2 Å². The van der Waals surface area contributed by atoms with E-state index < -0.39 is 0 Å². The van der Waals surface area contributed by atoms with Crippen LogP contribution in [-0.4, -0.2) is 20.9 Å². The molecule has 0 radical (unpaired) electrons. The number of amides is 1. The topological polar surface area (TPSA) is 67.8 Å². The van der Waals surface area contributed by atoms with Gasteiger partial charge < -0.3 is 5.32 Å². The van der Waals surface area contributed by atoms with Gasteiger partial charge in [-0.25, -0.2) is 9.97 Å². The van der Waals surface area contributed by atoms with E-state index in [1.54, 1.807) is 12.4 Å². The van der Waals surface area contributed by atoms with Crippen LogP contribution in [0.5, 0.6) is 0 Å². The molecule has 1 N–H and O–H groups in total. The van der Waals surface area contributed by atoms with Crippen molar-refractivity contribution in [2.45, 2.75) is 57.4 Å². The van der Waals surface area contributed by atoms with Crippen molar-refractivity contribution in [3.63, 3.8) is 0 Å². The zero-order valence-corrected chi connectivity index (χ0v) is 14.4. The Morgan fingerprint density at radius 1 is 1.12 bits per heavy atom. The Kier molecular flexibility index (Phi) is 4.72. The Balaban J connectivity index is 1.49. The lowest BCUT2D eigenvalue weighted by Crippen LogP contribution is -2.32. The molecule has 130 valence electrons. The number of aryl methyl sites for hydroxylation is 1.